The van der Waals surface area contributed by atoms with Gasteiger partial charge in [0.05, 0.1) is 35.4 Å². The Hall–Kier alpha value is -4.54. The Morgan fingerprint density at radius 1 is 0.953 bits per heavy atom. The molecule has 1 aliphatic heterocycles. The second-order valence-corrected chi connectivity index (χ2v) is 11.4. The summed E-state index contributed by atoms with van der Waals surface area (Å²) in [4.78, 5) is 18.7. The van der Waals surface area contributed by atoms with Gasteiger partial charge in [0, 0.05) is 24.5 Å². The van der Waals surface area contributed by atoms with E-state index in [9.17, 15) is 4.79 Å². The van der Waals surface area contributed by atoms with Crippen LogP contribution in [0.3, 0.4) is 0 Å². The molecule has 0 spiro atoms. The van der Waals surface area contributed by atoms with E-state index >= 15 is 0 Å². The zero-order valence-corrected chi connectivity index (χ0v) is 24.8. The molecule has 1 saturated heterocycles. The molecule has 0 aliphatic carbocycles. The highest BCUT2D eigenvalue weighted by molar-refractivity contribution is 7.13. The second kappa shape index (κ2) is 13.6. The number of nitrogens with zero attached hydrogens (tertiary/aromatic N) is 5. The third-order valence-corrected chi connectivity index (χ3v) is 8.41. The summed E-state index contributed by atoms with van der Waals surface area (Å²) in [5.74, 6) is 0.702. The lowest BCUT2D eigenvalue weighted by molar-refractivity contribution is 0.203. The minimum absolute atomic E-state index is 0.0514. The molecule has 0 bridgehead atoms. The van der Waals surface area contributed by atoms with E-state index in [-0.39, 0.29) is 6.03 Å². The van der Waals surface area contributed by atoms with Gasteiger partial charge in [-0.2, -0.15) is 0 Å². The molecule has 43 heavy (non-hydrogen) atoms. The third kappa shape index (κ3) is 7.10. The average Bonchev–Trinajstić information content (AvgIpc) is 3.82. The average molecular weight is 594 g/mol. The van der Waals surface area contributed by atoms with Gasteiger partial charge in [0.1, 0.15) is 17.4 Å². The van der Waals surface area contributed by atoms with E-state index in [0.717, 1.165) is 53.3 Å². The maximum absolute atomic E-state index is 12.0. The molecule has 2 aromatic heterocycles. The van der Waals surface area contributed by atoms with Crippen molar-refractivity contribution >= 4 is 17.4 Å². The number of nitrogens with one attached hydrogen (secondary N) is 1. The summed E-state index contributed by atoms with van der Waals surface area (Å²) in [7, 11) is 0. The van der Waals surface area contributed by atoms with Gasteiger partial charge in [-0.1, -0.05) is 59.8 Å². The lowest BCUT2D eigenvalue weighted by Gasteiger charge is -2.16. The quantitative estimate of drug-likeness (QED) is 0.196. The first-order valence-corrected chi connectivity index (χ1v) is 15.5. The van der Waals surface area contributed by atoms with E-state index in [1.165, 1.54) is 16.7 Å². The lowest BCUT2D eigenvalue weighted by atomic mass is 10.0. The number of carbonyl (C=O) groups is 1. The zero-order valence-electron chi connectivity index (χ0n) is 24.0. The maximum atomic E-state index is 12.0. The highest BCUT2D eigenvalue weighted by atomic mass is 32.1. The summed E-state index contributed by atoms with van der Waals surface area (Å²) < 4.78 is 8.05. The van der Waals surface area contributed by atoms with Crippen LogP contribution in [0.4, 0.5) is 4.79 Å². The molecule has 1 fully saturated rings. The van der Waals surface area contributed by atoms with Gasteiger partial charge in [0.25, 0.3) is 0 Å². The number of amides is 2. The summed E-state index contributed by atoms with van der Waals surface area (Å²) >= 11 is 1.61. The fourth-order valence-corrected chi connectivity index (χ4v) is 5.96. The van der Waals surface area contributed by atoms with Gasteiger partial charge < -0.3 is 20.7 Å². The minimum atomic E-state index is -0.0514. The number of benzene rings is 3. The minimum Gasteiger partial charge on any atom is -0.491 e. The van der Waals surface area contributed by atoms with Crippen LogP contribution in [0.2, 0.25) is 0 Å². The lowest BCUT2D eigenvalue weighted by Crippen LogP contribution is -2.31. The number of urea groups is 1. The number of aromatic nitrogens is 4. The molecule has 5 aromatic rings. The van der Waals surface area contributed by atoms with E-state index in [2.05, 4.69) is 69.5 Å². The molecule has 220 valence electrons. The van der Waals surface area contributed by atoms with E-state index in [4.69, 9.17) is 15.5 Å². The zero-order chi connectivity index (χ0) is 29.4. The Kier molecular flexibility index (Phi) is 9.05. The Labute approximate surface area is 255 Å². The largest absolute Gasteiger partial charge is 0.491 e. The first kappa shape index (κ1) is 28.6. The number of ether oxygens (including phenoxy) is 1. The van der Waals surface area contributed by atoms with Crippen molar-refractivity contribution in [3.8, 4) is 33.1 Å². The van der Waals surface area contributed by atoms with Gasteiger partial charge in [0.15, 0.2) is 0 Å². The molecule has 3 heterocycles. The fraction of sp³-hybridized carbons (Fsp3) is 0.273. The van der Waals surface area contributed by atoms with Crippen LogP contribution in [0.25, 0.3) is 27.4 Å². The summed E-state index contributed by atoms with van der Waals surface area (Å²) in [5.41, 5.74) is 13.1. The molecular formula is C33H35N7O2S. The topological polar surface area (TPSA) is 111 Å². The van der Waals surface area contributed by atoms with Gasteiger partial charge in [0.2, 0.25) is 0 Å². The number of carbonyl (C=O) groups excluding carboxylic acids is 1. The Bertz CT molecular complexity index is 1650. The monoisotopic (exact) mass is 593 g/mol. The normalized spacial score (nSPS) is 13.0. The van der Waals surface area contributed by atoms with E-state index in [0.29, 0.717) is 38.5 Å². The molecule has 9 nitrogen and oxygen atoms in total. The summed E-state index contributed by atoms with van der Waals surface area (Å²) in [6.07, 6.45) is 5.34. The molecule has 3 aromatic carbocycles. The molecule has 6 rings (SSSR count). The van der Waals surface area contributed by atoms with Crippen molar-refractivity contribution in [3.05, 3.63) is 101 Å². The molecule has 0 saturated carbocycles. The molecule has 0 radical (unpaired) electrons. The SMILES string of the molecule is NCCCc1cn(-c2ccc(-c3nc(CCc4ccc(-c5ccccc5)cc4)cs3)c(OCCN3CCNC3=O)c2)nn1. The Morgan fingerprint density at radius 2 is 1.79 bits per heavy atom. The van der Waals surface area contributed by atoms with E-state index < -0.39 is 0 Å². The van der Waals surface area contributed by atoms with Crippen LogP contribution < -0.4 is 15.8 Å². The van der Waals surface area contributed by atoms with Crippen LogP contribution in [0.5, 0.6) is 5.75 Å². The van der Waals surface area contributed by atoms with Crippen molar-refractivity contribution in [3.63, 3.8) is 0 Å². The van der Waals surface area contributed by atoms with Crippen LogP contribution in [0.1, 0.15) is 23.4 Å². The van der Waals surface area contributed by atoms with Crippen molar-refractivity contribution in [1.29, 1.82) is 0 Å². The summed E-state index contributed by atoms with van der Waals surface area (Å²) in [6, 6.07) is 25.1. The van der Waals surface area contributed by atoms with Crippen molar-refractivity contribution in [1.82, 2.24) is 30.2 Å². The third-order valence-electron chi connectivity index (χ3n) is 7.48. The maximum Gasteiger partial charge on any atom is 0.317 e. The predicted molar refractivity (Wildman–Crippen MR) is 170 cm³/mol. The van der Waals surface area contributed by atoms with Crippen LogP contribution in [0, 0.1) is 0 Å². The molecule has 10 heteroatoms. The first-order valence-electron chi connectivity index (χ1n) is 14.7. The molecule has 2 amide bonds. The van der Waals surface area contributed by atoms with Gasteiger partial charge in [-0.05, 0) is 61.1 Å². The highest BCUT2D eigenvalue weighted by Gasteiger charge is 2.20. The number of thiazole rings is 1. The Morgan fingerprint density at radius 3 is 2.58 bits per heavy atom. The first-order chi connectivity index (χ1) is 21.2. The van der Waals surface area contributed by atoms with Crippen molar-refractivity contribution < 1.29 is 9.53 Å². The summed E-state index contributed by atoms with van der Waals surface area (Å²) in [5, 5.41) is 14.5. The van der Waals surface area contributed by atoms with Gasteiger partial charge in [-0.3, -0.25) is 0 Å². The van der Waals surface area contributed by atoms with Crippen LogP contribution in [-0.4, -0.2) is 63.7 Å². The standard InChI is InChI=1S/C33H35N7O2S/c34-16-4-7-27-22-40(38-37-27)29-14-15-30(31(21-29)42-20-19-39-18-17-35-33(39)41)32-36-28(23-43-32)13-10-24-8-11-26(12-9-24)25-5-2-1-3-6-25/h1-3,5-6,8-9,11-12,14-15,21-23H,4,7,10,13,16-20,34H2,(H,35,41). The predicted octanol–water partition coefficient (Wildman–Crippen LogP) is 5.14. The van der Waals surface area contributed by atoms with Crippen LogP contribution in [-0.2, 0) is 19.3 Å². The van der Waals surface area contributed by atoms with Gasteiger partial charge in [-0.15, -0.1) is 16.4 Å². The van der Waals surface area contributed by atoms with Crippen LogP contribution >= 0.6 is 11.3 Å². The molecule has 1 aliphatic rings. The van der Waals surface area contributed by atoms with Gasteiger partial charge in [-0.25, -0.2) is 14.5 Å². The molecule has 0 unspecified atom stereocenters. The molecule has 3 N–H and O–H groups in total. The van der Waals surface area contributed by atoms with E-state index in [1.807, 2.05) is 30.5 Å². The van der Waals surface area contributed by atoms with Crippen LogP contribution in [0.15, 0.2) is 84.4 Å². The smallest absolute Gasteiger partial charge is 0.317 e. The number of nitrogens with two attached hydrogens (primary N) is 1. The number of hydrogen-bond acceptors (Lipinski definition) is 7. The molecule has 0 atom stereocenters. The van der Waals surface area contributed by atoms with Crippen molar-refractivity contribution in [2.45, 2.75) is 25.7 Å². The molecular weight excluding hydrogens is 558 g/mol. The van der Waals surface area contributed by atoms with Crippen molar-refractivity contribution in [2.75, 3.05) is 32.8 Å². The number of rotatable bonds is 13. The van der Waals surface area contributed by atoms with E-state index in [1.54, 1.807) is 20.9 Å². The Balaban J connectivity index is 1.16. The summed E-state index contributed by atoms with van der Waals surface area (Å²) in [6.45, 7) is 2.85. The van der Waals surface area contributed by atoms with Crippen molar-refractivity contribution in [2.24, 2.45) is 5.73 Å². The van der Waals surface area contributed by atoms with Gasteiger partial charge >= 0.3 is 6.03 Å². The number of aryl methyl sites for hydroxylation is 3. The second-order valence-electron chi connectivity index (χ2n) is 10.5. The number of hydrogen-bond donors (Lipinski definition) is 2. The highest BCUT2D eigenvalue weighted by Crippen LogP contribution is 2.34. The fourth-order valence-electron chi connectivity index (χ4n) is 5.07.